The molecule has 1 fully saturated rings. The number of alkyl halides is 3. The van der Waals surface area contributed by atoms with Gasteiger partial charge in [0.25, 0.3) is 0 Å². The highest BCUT2D eigenvalue weighted by Gasteiger charge is 2.31. The van der Waals surface area contributed by atoms with E-state index in [1.165, 1.54) is 12.5 Å². The van der Waals surface area contributed by atoms with E-state index in [-0.39, 0.29) is 6.04 Å². The number of halogens is 3. The van der Waals surface area contributed by atoms with Gasteiger partial charge in [0, 0.05) is 11.7 Å². The minimum Gasteiger partial charge on any atom is -0.382 e. The summed E-state index contributed by atoms with van der Waals surface area (Å²) in [6, 6.07) is 4.20. The zero-order valence-electron chi connectivity index (χ0n) is 12.2. The Kier molecular flexibility index (Phi) is 4.31. The van der Waals surface area contributed by atoms with E-state index in [0.29, 0.717) is 17.5 Å². The van der Waals surface area contributed by atoms with Gasteiger partial charge in [-0.2, -0.15) is 13.2 Å². The van der Waals surface area contributed by atoms with Crippen molar-refractivity contribution in [3.63, 3.8) is 0 Å². The van der Waals surface area contributed by atoms with Crippen molar-refractivity contribution in [3.8, 4) is 0 Å². The zero-order valence-corrected chi connectivity index (χ0v) is 12.2. The molecule has 1 nitrogen and oxygen atoms in total. The molecule has 0 heterocycles. The van der Waals surface area contributed by atoms with Crippen LogP contribution in [0.25, 0.3) is 0 Å². The predicted molar refractivity (Wildman–Crippen MR) is 75.8 cm³/mol. The maximum absolute atomic E-state index is 12.8. The van der Waals surface area contributed by atoms with Crippen LogP contribution in [-0.4, -0.2) is 6.04 Å². The highest BCUT2D eigenvalue weighted by molar-refractivity contribution is 5.54. The van der Waals surface area contributed by atoms with Gasteiger partial charge in [-0.05, 0) is 55.7 Å². The Hall–Kier alpha value is -1.19. The predicted octanol–water partition coefficient (Wildman–Crippen LogP) is 5.25. The summed E-state index contributed by atoms with van der Waals surface area (Å²) in [6.45, 7) is 6.27. The summed E-state index contributed by atoms with van der Waals surface area (Å²) < 4.78 is 38.3. The topological polar surface area (TPSA) is 12.0 Å². The SMILES string of the molecule is Cc1ccc(C(F)(F)F)cc1NC1CC(C)CC(C)C1. The van der Waals surface area contributed by atoms with Crippen molar-refractivity contribution in [3.05, 3.63) is 29.3 Å². The number of aryl methyl sites for hydroxylation is 1. The average molecular weight is 285 g/mol. The van der Waals surface area contributed by atoms with E-state index < -0.39 is 11.7 Å². The molecule has 112 valence electrons. The van der Waals surface area contributed by atoms with E-state index in [1.807, 2.05) is 6.92 Å². The first-order valence-electron chi connectivity index (χ1n) is 7.20. The summed E-state index contributed by atoms with van der Waals surface area (Å²) in [5.74, 6) is 1.25. The third kappa shape index (κ3) is 3.68. The highest BCUT2D eigenvalue weighted by atomic mass is 19.4. The molecule has 0 radical (unpaired) electrons. The van der Waals surface area contributed by atoms with Crippen LogP contribution < -0.4 is 5.32 Å². The summed E-state index contributed by atoms with van der Waals surface area (Å²) in [4.78, 5) is 0. The summed E-state index contributed by atoms with van der Waals surface area (Å²) in [5.41, 5.74) is 0.900. The zero-order chi connectivity index (χ0) is 14.9. The van der Waals surface area contributed by atoms with Crippen LogP contribution in [0.5, 0.6) is 0 Å². The van der Waals surface area contributed by atoms with Crippen LogP contribution in [0.15, 0.2) is 18.2 Å². The molecule has 2 unspecified atom stereocenters. The minimum absolute atomic E-state index is 0.274. The van der Waals surface area contributed by atoms with E-state index in [2.05, 4.69) is 19.2 Å². The molecule has 1 aromatic rings. The molecule has 1 aliphatic carbocycles. The molecular weight excluding hydrogens is 263 g/mol. The van der Waals surface area contributed by atoms with Gasteiger partial charge >= 0.3 is 6.18 Å². The third-order valence-corrected chi connectivity index (χ3v) is 4.10. The smallest absolute Gasteiger partial charge is 0.382 e. The van der Waals surface area contributed by atoms with Crippen molar-refractivity contribution in [1.29, 1.82) is 0 Å². The van der Waals surface area contributed by atoms with Gasteiger partial charge in [-0.15, -0.1) is 0 Å². The molecule has 1 saturated carbocycles. The lowest BCUT2D eigenvalue weighted by Crippen LogP contribution is -2.30. The number of anilines is 1. The van der Waals surface area contributed by atoms with Crippen molar-refractivity contribution < 1.29 is 13.2 Å². The van der Waals surface area contributed by atoms with Gasteiger partial charge in [0.2, 0.25) is 0 Å². The highest BCUT2D eigenvalue weighted by Crippen LogP contribution is 2.34. The summed E-state index contributed by atoms with van der Waals surface area (Å²) >= 11 is 0. The molecule has 1 aliphatic rings. The number of nitrogens with one attached hydrogen (secondary N) is 1. The average Bonchev–Trinajstić information content (AvgIpc) is 2.29. The molecule has 0 saturated heterocycles. The monoisotopic (exact) mass is 285 g/mol. The van der Waals surface area contributed by atoms with E-state index >= 15 is 0 Å². The molecule has 0 spiro atoms. The first-order chi connectivity index (χ1) is 9.25. The number of rotatable bonds is 2. The molecular formula is C16H22F3N. The van der Waals surface area contributed by atoms with Crippen LogP contribution >= 0.6 is 0 Å². The largest absolute Gasteiger partial charge is 0.416 e. The number of hydrogen-bond donors (Lipinski definition) is 1. The fraction of sp³-hybridized carbons (Fsp3) is 0.625. The van der Waals surface area contributed by atoms with E-state index in [1.54, 1.807) is 6.07 Å². The molecule has 0 bridgehead atoms. The molecule has 2 atom stereocenters. The van der Waals surface area contributed by atoms with Crippen molar-refractivity contribution in [2.24, 2.45) is 11.8 Å². The van der Waals surface area contributed by atoms with Crippen molar-refractivity contribution in [1.82, 2.24) is 0 Å². The first kappa shape index (κ1) is 15.2. The molecule has 0 amide bonds. The summed E-state index contributed by atoms with van der Waals surface area (Å²) in [5, 5.41) is 3.32. The number of benzene rings is 1. The molecule has 20 heavy (non-hydrogen) atoms. The first-order valence-corrected chi connectivity index (χ1v) is 7.20. The van der Waals surface area contributed by atoms with Gasteiger partial charge in [-0.1, -0.05) is 19.9 Å². The van der Waals surface area contributed by atoms with Gasteiger partial charge in [0.05, 0.1) is 5.56 Å². The Bertz CT molecular complexity index is 457. The number of hydrogen-bond acceptors (Lipinski definition) is 1. The fourth-order valence-electron chi connectivity index (χ4n) is 3.24. The maximum Gasteiger partial charge on any atom is 0.416 e. The lowest BCUT2D eigenvalue weighted by Gasteiger charge is -2.33. The lowest BCUT2D eigenvalue weighted by molar-refractivity contribution is -0.137. The van der Waals surface area contributed by atoms with E-state index in [9.17, 15) is 13.2 Å². The van der Waals surface area contributed by atoms with E-state index in [4.69, 9.17) is 0 Å². The summed E-state index contributed by atoms with van der Waals surface area (Å²) in [7, 11) is 0. The second-order valence-electron chi connectivity index (χ2n) is 6.29. The van der Waals surface area contributed by atoms with E-state index in [0.717, 1.165) is 24.5 Å². The van der Waals surface area contributed by atoms with Crippen molar-refractivity contribution >= 4 is 5.69 Å². The quantitative estimate of drug-likeness (QED) is 0.782. The van der Waals surface area contributed by atoms with Crippen LogP contribution in [0.2, 0.25) is 0 Å². The Morgan fingerprint density at radius 2 is 1.65 bits per heavy atom. The molecule has 1 aromatic carbocycles. The van der Waals surface area contributed by atoms with Gasteiger partial charge in [0.1, 0.15) is 0 Å². The Balaban J connectivity index is 2.16. The van der Waals surface area contributed by atoms with Crippen molar-refractivity contribution in [2.45, 2.75) is 52.3 Å². The van der Waals surface area contributed by atoms with Crippen molar-refractivity contribution in [2.75, 3.05) is 5.32 Å². The van der Waals surface area contributed by atoms with Crippen LogP contribution in [0.3, 0.4) is 0 Å². The van der Waals surface area contributed by atoms with Gasteiger partial charge < -0.3 is 5.32 Å². The van der Waals surface area contributed by atoms with Gasteiger partial charge in [-0.3, -0.25) is 0 Å². The minimum atomic E-state index is -4.28. The van der Waals surface area contributed by atoms with Crippen LogP contribution in [0.4, 0.5) is 18.9 Å². The lowest BCUT2D eigenvalue weighted by atomic mass is 9.80. The maximum atomic E-state index is 12.8. The molecule has 1 N–H and O–H groups in total. The molecule has 0 aromatic heterocycles. The Labute approximate surface area is 118 Å². The molecule has 4 heteroatoms. The molecule has 2 rings (SSSR count). The molecule has 0 aliphatic heterocycles. The van der Waals surface area contributed by atoms with Gasteiger partial charge in [-0.25, -0.2) is 0 Å². The van der Waals surface area contributed by atoms with Crippen LogP contribution in [-0.2, 0) is 6.18 Å². The second-order valence-corrected chi connectivity index (χ2v) is 6.29. The van der Waals surface area contributed by atoms with Gasteiger partial charge in [0.15, 0.2) is 0 Å². The fourth-order valence-corrected chi connectivity index (χ4v) is 3.24. The summed E-state index contributed by atoms with van der Waals surface area (Å²) in [6.07, 6.45) is -1.02. The standard InChI is InChI=1S/C16H22F3N/c1-10-6-11(2)8-14(7-10)20-15-9-13(16(17,18)19)5-4-12(15)3/h4-5,9-11,14,20H,6-8H2,1-3H3. The normalized spacial score (nSPS) is 27.4. The van der Waals surface area contributed by atoms with Crippen LogP contribution in [0, 0.1) is 18.8 Å². The van der Waals surface area contributed by atoms with Crippen LogP contribution in [0.1, 0.15) is 44.2 Å². The second kappa shape index (κ2) is 5.66. The Morgan fingerprint density at radius 1 is 1.05 bits per heavy atom. The third-order valence-electron chi connectivity index (χ3n) is 4.10. The Morgan fingerprint density at radius 3 is 2.20 bits per heavy atom.